The number of thioether (sulfide) groups is 1. The largest absolute Gasteiger partial charge is 0.359 e. The minimum absolute atomic E-state index is 0.0246. The maximum atomic E-state index is 12.9. The SMILES string of the molecule is COC(NC(=O)C(c1ccc(C)cc1)S(=O)(=O)O)[C@@H]1N2C(=O)C[C@H]2SC1(C)C. The van der Waals surface area contributed by atoms with E-state index in [-0.39, 0.29) is 16.8 Å². The van der Waals surface area contributed by atoms with Gasteiger partial charge >= 0.3 is 0 Å². The van der Waals surface area contributed by atoms with Crippen molar-refractivity contribution in [1.29, 1.82) is 0 Å². The minimum atomic E-state index is -4.71. The number of nitrogens with zero attached hydrogens (tertiary/aromatic N) is 1. The zero-order chi connectivity index (χ0) is 20.9. The molecule has 4 atom stereocenters. The van der Waals surface area contributed by atoms with Gasteiger partial charge in [0.25, 0.3) is 10.1 Å². The van der Waals surface area contributed by atoms with E-state index in [0.29, 0.717) is 6.42 Å². The number of hydrogen-bond donors (Lipinski definition) is 2. The second kappa shape index (κ2) is 7.33. The van der Waals surface area contributed by atoms with E-state index >= 15 is 0 Å². The minimum Gasteiger partial charge on any atom is -0.359 e. The number of ether oxygens (including phenoxy) is 1. The molecule has 2 fully saturated rings. The molecule has 1 aromatic rings. The fraction of sp³-hybridized carbons (Fsp3) is 0.556. The molecule has 2 aliphatic rings. The number of rotatable bonds is 6. The van der Waals surface area contributed by atoms with Crippen LogP contribution in [0.5, 0.6) is 0 Å². The Balaban J connectivity index is 1.87. The molecule has 2 heterocycles. The van der Waals surface area contributed by atoms with E-state index in [1.807, 2.05) is 20.8 Å². The van der Waals surface area contributed by atoms with Crippen LogP contribution in [-0.4, -0.2) is 59.2 Å². The summed E-state index contributed by atoms with van der Waals surface area (Å²) in [6.07, 6.45) is -0.481. The van der Waals surface area contributed by atoms with Gasteiger partial charge in [0.15, 0.2) is 11.5 Å². The van der Waals surface area contributed by atoms with Crippen LogP contribution in [0, 0.1) is 6.92 Å². The zero-order valence-electron chi connectivity index (χ0n) is 16.1. The Hall–Kier alpha value is -1.62. The Bertz CT molecular complexity index is 884. The van der Waals surface area contributed by atoms with Gasteiger partial charge in [0, 0.05) is 11.9 Å². The van der Waals surface area contributed by atoms with Crippen molar-refractivity contribution in [2.24, 2.45) is 0 Å². The first-order chi connectivity index (χ1) is 13.0. The van der Waals surface area contributed by atoms with Gasteiger partial charge in [-0.3, -0.25) is 14.1 Å². The van der Waals surface area contributed by atoms with Crippen LogP contribution < -0.4 is 5.32 Å². The predicted octanol–water partition coefficient (Wildman–Crippen LogP) is 1.47. The van der Waals surface area contributed by atoms with E-state index in [2.05, 4.69) is 5.32 Å². The Kier molecular flexibility index (Phi) is 5.52. The third-order valence-corrected chi connectivity index (χ3v) is 7.74. The molecule has 0 saturated carbocycles. The van der Waals surface area contributed by atoms with Crippen molar-refractivity contribution in [2.75, 3.05) is 7.11 Å². The summed E-state index contributed by atoms with van der Waals surface area (Å²) in [6, 6.07) is 5.83. The molecule has 0 spiro atoms. The molecule has 1 aromatic carbocycles. The van der Waals surface area contributed by atoms with E-state index in [9.17, 15) is 22.6 Å². The molecule has 2 N–H and O–H groups in total. The van der Waals surface area contributed by atoms with Gasteiger partial charge in [0.05, 0.1) is 17.8 Å². The Morgan fingerprint density at radius 1 is 1.36 bits per heavy atom. The van der Waals surface area contributed by atoms with Crippen LogP contribution in [0.2, 0.25) is 0 Å². The first kappa shape index (κ1) is 21.1. The van der Waals surface area contributed by atoms with Crippen molar-refractivity contribution in [1.82, 2.24) is 10.2 Å². The fourth-order valence-corrected chi connectivity index (χ4v) is 6.29. The molecule has 10 heteroatoms. The summed E-state index contributed by atoms with van der Waals surface area (Å²) in [6.45, 7) is 5.73. The number of fused-ring (bicyclic) bond motifs is 1. The lowest BCUT2D eigenvalue weighted by molar-refractivity contribution is -0.151. The van der Waals surface area contributed by atoms with Crippen LogP contribution >= 0.6 is 11.8 Å². The zero-order valence-corrected chi connectivity index (χ0v) is 17.7. The van der Waals surface area contributed by atoms with E-state index in [1.165, 1.54) is 19.2 Å². The molecule has 2 aliphatic heterocycles. The lowest BCUT2D eigenvalue weighted by atomic mass is 9.96. The number of hydrogen-bond acceptors (Lipinski definition) is 6. The molecule has 0 aromatic heterocycles. The summed E-state index contributed by atoms with van der Waals surface area (Å²) in [5.74, 6) is -0.940. The van der Waals surface area contributed by atoms with Gasteiger partial charge in [-0.25, -0.2) is 0 Å². The van der Waals surface area contributed by atoms with Crippen molar-refractivity contribution in [3.8, 4) is 0 Å². The highest BCUT2D eigenvalue weighted by atomic mass is 32.2. The topological polar surface area (TPSA) is 113 Å². The first-order valence-electron chi connectivity index (χ1n) is 8.80. The number of nitrogens with one attached hydrogen (secondary N) is 1. The average molecular weight is 429 g/mol. The number of methoxy groups -OCH3 is 1. The number of benzene rings is 1. The summed E-state index contributed by atoms with van der Waals surface area (Å²) in [4.78, 5) is 26.6. The van der Waals surface area contributed by atoms with Gasteiger partial charge in [-0.1, -0.05) is 29.8 Å². The fourth-order valence-electron chi connectivity index (χ4n) is 3.78. The monoisotopic (exact) mass is 428 g/mol. The standard InChI is InChI=1S/C18H24N2O6S2/c1-10-5-7-11(8-6-10)14(28(23,24)25)16(22)19-17(26-4)15-18(2,3)27-13-9-12(21)20(13)15/h5-8,13-15,17H,9H2,1-4H3,(H,19,22)(H,23,24,25)/t13-,14?,15+,17?/m1/s1. The summed E-state index contributed by atoms with van der Waals surface area (Å²) in [7, 11) is -3.32. The predicted molar refractivity (Wildman–Crippen MR) is 105 cm³/mol. The van der Waals surface area contributed by atoms with Crippen molar-refractivity contribution >= 4 is 33.7 Å². The molecular formula is C18H24N2O6S2. The Morgan fingerprint density at radius 2 is 1.96 bits per heavy atom. The van der Waals surface area contributed by atoms with Gasteiger partial charge < -0.3 is 15.0 Å². The molecule has 0 aliphatic carbocycles. The lowest BCUT2D eigenvalue weighted by Crippen LogP contribution is -2.62. The highest BCUT2D eigenvalue weighted by molar-refractivity contribution is 8.01. The number of amides is 2. The Morgan fingerprint density at radius 3 is 2.46 bits per heavy atom. The second-order valence-electron chi connectivity index (χ2n) is 7.60. The van der Waals surface area contributed by atoms with Crippen LogP contribution in [-0.2, 0) is 24.4 Å². The number of carbonyl (C=O) groups excluding carboxylic acids is 2. The van der Waals surface area contributed by atoms with Crippen molar-refractivity contribution in [3.05, 3.63) is 35.4 Å². The van der Waals surface area contributed by atoms with Crippen LogP contribution in [0.1, 0.15) is 36.6 Å². The molecule has 0 bridgehead atoms. The highest BCUT2D eigenvalue weighted by Gasteiger charge is 2.58. The number of carbonyl (C=O) groups is 2. The number of aryl methyl sites for hydroxylation is 1. The molecule has 28 heavy (non-hydrogen) atoms. The summed E-state index contributed by atoms with van der Waals surface area (Å²) in [5.41, 5.74) is 1.04. The maximum absolute atomic E-state index is 12.9. The third kappa shape index (κ3) is 3.78. The maximum Gasteiger partial charge on any atom is 0.281 e. The highest BCUT2D eigenvalue weighted by Crippen LogP contribution is 2.51. The quantitative estimate of drug-likeness (QED) is 0.401. The summed E-state index contributed by atoms with van der Waals surface area (Å²) >= 11 is 1.62. The van der Waals surface area contributed by atoms with E-state index in [0.717, 1.165) is 5.56 Å². The smallest absolute Gasteiger partial charge is 0.281 e. The molecule has 2 unspecified atom stereocenters. The molecule has 3 rings (SSSR count). The van der Waals surface area contributed by atoms with E-state index in [4.69, 9.17) is 4.74 Å². The Labute approximate surface area is 168 Å². The van der Waals surface area contributed by atoms with Gasteiger partial charge in [-0.15, -0.1) is 11.8 Å². The van der Waals surface area contributed by atoms with Crippen molar-refractivity contribution < 1.29 is 27.3 Å². The van der Waals surface area contributed by atoms with Crippen LogP contribution in [0.25, 0.3) is 0 Å². The van der Waals surface area contributed by atoms with E-state index in [1.54, 1.807) is 28.8 Å². The van der Waals surface area contributed by atoms with Crippen LogP contribution in [0.4, 0.5) is 0 Å². The van der Waals surface area contributed by atoms with Crippen LogP contribution in [0.3, 0.4) is 0 Å². The second-order valence-corrected chi connectivity index (χ2v) is 10.9. The molecule has 8 nitrogen and oxygen atoms in total. The molecule has 154 valence electrons. The van der Waals surface area contributed by atoms with Gasteiger partial charge in [-0.2, -0.15) is 8.42 Å². The normalized spacial score (nSPS) is 25.6. The van der Waals surface area contributed by atoms with Gasteiger partial charge in [0.1, 0.15) is 0 Å². The summed E-state index contributed by atoms with van der Waals surface area (Å²) in [5, 5.41) is 0.820. The van der Waals surface area contributed by atoms with Gasteiger partial charge in [-0.05, 0) is 26.3 Å². The van der Waals surface area contributed by atoms with Crippen molar-refractivity contribution in [3.63, 3.8) is 0 Å². The summed E-state index contributed by atoms with van der Waals surface area (Å²) < 4.78 is 38.6. The third-order valence-electron chi connectivity index (χ3n) is 5.14. The first-order valence-corrected chi connectivity index (χ1v) is 11.2. The van der Waals surface area contributed by atoms with Crippen LogP contribution in [0.15, 0.2) is 24.3 Å². The average Bonchev–Trinajstić information content (AvgIpc) is 2.79. The van der Waals surface area contributed by atoms with Gasteiger partial charge in [0.2, 0.25) is 11.8 Å². The van der Waals surface area contributed by atoms with E-state index < -0.39 is 38.3 Å². The van der Waals surface area contributed by atoms with Crippen molar-refractivity contribution in [2.45, 2.75) is 54.8 Å². The molecule has 2 saturated heterocycles. The molecular weight excluding hydrogens is 404 g/mol. The molecule has 2 amide bonds. The lowest BCUT2D eigenvalue weighted by Gasteiger charge is -2.42. The number of β-lactam (4-membered cyclic amide) rings is 1. The molecule has 0 radical (unpaired) electrons.